The van der Waals surface area contributed by atoms with Crippen molar-refractivity contribution in [1.29, 1.82) is 5.41 Å². The summed E-state index contributed by atoms with van der Waals surface area (Å²) in [6, 6.07) is 12.7. The molecule has 0 aliphatic carbocycles. The van der Waals surface area contributed by atoms with Crippen molar-refractivity contribution in [3.05, 3.63) is 70.9 Å². The van der Waals surface area contributed by atoms with Gasteiger partial charge in [0.15, 0.2) is 9.84 Å². The summed E-state index contributed by atoms with van der Waals surface area (Å²) in [4.78, 5) is 3.93. The molecular weight excluding hydrogens is 298 g/mol. The Morgan fingerprint density at radius 1 is 1.23 bits per heavy atom. The average Bonchev–Trinajstić information content (AvgIpc) is 2.53. The summed E-state index contributed by atoms with van der Waals surface area (Å²) >= 11 is 0. The van der Waals surface area contributed by atoms with Gasteiger partial charge < -0.3 is 5.73 Å². The van der Waals surface area contributed by atoms with Crippen molar-refractivity contribution < 1.29 is 8.42 Å². The first-order valence-electron chi connectivity index (χ1n) is 6.71. The summed E-state index contributed by atoms with van der Waals surface area (Å²) < 4.78 is 24.1. The molecule has 0 radical (unpaired) electrons. The van der Waals surface area contributed by atoms with Crippen LogP contribution in [0.5, 0.6) is 0 Å². The molecule has 2 rings (SSSR count). The molecule has 22 heavy (non-hydrogen) atoms. The van der Waals surface area contributed by atoms with Crippen LogP contribution in [0.3, 0.4) is 0 Å². The lowest BCUT2D eigenvalue weighted by Gasteiger charge is -2.01. The van der Waals surface area contributed by atoms with Crippen molar-refractivity contribution >= 4 is 21.7 Å². The molecule has 1 heterocycles. The lowest BCUT2D eigenvalue weighted by Crippen LogP contribution is -2.12. The van der Waals surface area contributed by atoms with Crippen LogP contribution in [0.25, 0.3) is 6.08 Å². The minimum atomic E-state index is -3.30. The van der Waals surface area contributed by atoms with E-state index in [4.69, 9.17) is 11.1 Å². The van der Waals surface area contributed by atoms with Gasteiger partial charge in [-0.15, -0.1) is 0 Å². The van der Waals surface area contributed by atoms with E-state index in [-0.39, 0.29) is 11.6 Å². The van der Waals surface area contributed by atoms with Crippen LogP contribution in [0, 0.1) is 5.41 Å². The van der Waals surface area contributed by atoms with Gasteiger partial charge in [0.2, 0.25) is 0 Å². The quantitative estimate of drug-likeness (QED) is 0.629. The topological polar surface area (TPSA) is 96.9 Å². The number of rotatable bonds is 6. The smallest absolute Gasteiger partial charge is 0.171 e. The van der Waals surface area contributed by atoms with E-state index in [1.165, 1.54) is 17.7 Å². The molecule has 0 bridgehead atoms. The van der Waals surface area contributed by atoms with Gasteiger partial charge in [-0.2, -0.15) is 0 Å². The predicted octanol–water partition coefficient (Wildman–Crippen LogP) is 1.99. The van der Waals surface area contributed by atoms with Crippen molar-refractivity contribution in [2.75, 3.05) is 5.75 Å². The van der Waals surface area contributed by atoms with Crippen LogP contribution in [0.4, 0.5) is 0 Å². The molecule has 0 unspecified atom stereocenters. The maximum atomic E-state index is 12.0. The minimum absolute atomic E-state index is 0.0537. The molecule has 114 valence electrons. The fourth-order valence-corrected chi connectivity index (χ4v) is 2.87. The molecule has 0 spiro atoms. The largest absolute Gasteiger partial charge is 0.382 e. The molecule has 0 fully saturated rings. The van der Waals surface area contributed by atoms with Crippen molar-refractivity contribution in [1.82, 2.24) is 4.98 Å². The number of amidine groups is 1. The number of hydrogen-bond donors (Lipinski definition) is 2. The number of aryl methyl sites for hydroxylation is 1. The van der Waals surface area contributed by atoms with Crippen molar-refractivity contribution in [2.45, 2.75) is 6.42 Å². The number of nitrogens with one attached hydrogen (secondary N) is 1. The van der Waals surface area contributed by atoms with Crippen LogP contribution >= 0.6 is 0 Å². The lowest BCUT2D eigenvalue weighted by molar-refractivity contribution is 0.604. The highest BCUT2D eigenvalue weighted by Gasteiger charge is 2.07. The van der Waals surface area contributed by atoms with Crippen LogP contribution in [-0.2, 0) is 16.3 Å². The zero-order valence-electron chi connectivity index (χ0n) is 11.9. The summed E-state index contributed by atoms with van der Waals surface area (Å²) in [6.45, 7) is 0. The average molecular weight is 315 g/mol. The van der Waals surface area contributed by atoms with Gasteiger partial charge in [-0.25, -0.2) is 8.42 Å². The van der Waals surface area contributed by atoms with Crippen LogP contribution in [0.2, 0.25) is 0 Å². The molecule has 3 N–H and O–H groups in total. The zero-order chi connectivity index (χ0) is 16.0. The lowest BCUT2D eigenvalue weighted by atomic mass is 10.2. The Bertz CT molecular complexity index is 784. The number of nitrogens with zero attached hydrogens (tertiary/aromatic N) is 1. The van der Waals surface area contributed by atoms with Crippen LogP contribution in [0.15, 0.2) is 54.1 Å². The molecule has 0 aliphatic rings. The number of aromatic nitrogens is 1. The van der Waals surface area contributed by atoms with E-state index in [0.717, 1.165) is 5.56 Å². The molecule has 1 aromatic heterocycles. The van der Waals surface area contributed by atoms with Gasteiger partial charge in [-0.3, -0.25) is 10.4 Å². The summed E-state index contributed by atoms with van der Waals surface area (Å²) in [7, 11) is -3.30. The molecule has 1 aromatic carbocycles. The summed E-state index contributed by atoms with van der Waals surface area (Å²) in [5.41, 5.74) is 7.31. The highest BCUT2D eigenvalue weighted by Crippen LogP contribution is 2.08. The van der Waals surface area contributed by atoms with E-state index >= 15 is 0 Å². The monoisotopic (exact) mass is 315 g/mol. The fourth-order valence-electron chi connectivity index (χ4n) is 1.85. The highest BCUT2D eigenvalue weighted by molar-refractivity contribution is 7.94. The van der Waals surface area contributed by atoms with Gasteiger partial charge in [0.1, 0.15) is 11.5 Å². The Morgan fingerprint density at radius 3 is 2.64 bits per heavy atom. The Morgan fingerprint density at radius 2 is 1.95 bits per heavy atom. The van der Waals surface area contributed by atoms with E-state index in [0.29, 0.717) is 17.7 Å². The Labute approximate surface area is 129 Å². The van der Waals surface area contributed by atoms with Gasteiger partial charge >= 0.3 is 0 Å². The Kier molecular flexibility index (Phi) is 5.06. The van der Waals surface area contributed by atoms with Crippen LogP contribution in [0.1, 0.15) is 16.8 Å². The molecule has 2 aromatic rings. The highest BCUT2D eigenvalue weighted by atomic mass is 32.2. The summed E-state index contributed by atoms with van der Waals surface area (Å²) in [5, 5.41) is 8.51. The fraction of sp³-hybridized carbons (Fsp3) is 0.125. The minimum Gasteiger partial charge on any atom is -0.382 e. The maximum absolute atomic E-state index is 12.0. The van der Waals surface area contributed by atoms with E-state index < -0.39 is 9.84 Å². The molecule has 5 nitrogen and oxygen atoms in total. The van der Waals surface area contributed by atoms with E-state index in [2.05, 4.69) is 4.98 Å². The summed E-state index contributed by atoms with van der Waals surface area (Å²) in [5.74, 6) is -0.0970. The molecule has 6 heteroatoms. The van der Waals surface area contributed by atoms with Crippen molar-refractivity contribution in [3.8, 4) is 0 Å². The Balaban J connectivity index is 2.05. The first-order valence-corrected chi connectivity index (χ1v) is 8.43. The van der Waals surface area contributed by atoms with Crippen LogP contribution < -0.4 is 5.73 Å². The van der Waals surface area contributed by atoms with Crippen molar-refractivity contribution in [3.63, 3.8) is 0 Å². The number of nitrogen functional groups attached to an aromatic ring is 1. The number of benzene rings is 1. The molecule has 0 aliphatic heterocycles. The molecule has 0 amide bonds. The van der Waals surface area contributed by atoms with Gasteiger partial charge in [0.05, 0.1) is 5.75 Å². The molecule has 0 atom stereocenters. The predicted molar refractivity (Wildman–Crippen MR) is 88.2 cm³/mol. The van der Waals surface area contributed by atoms with Crippen molar-refractivity contribution in [2.24, 2.45) is 5.73 Å². The third kappa shape index (κ3) is 4.82. The number of sulfone groups is 1. The van der Waals surface area contributed by atoms with Gasteiger partial charge in [-0.05, 0) is 35.8 Å². The molecule has 0 saturated carbocycles. The number of hydrogen-bond acceptors (Lipinski definition) is 4. The second-order valence-electron chi connectivity index (χ2n) is 4.79. The normalized spacial score (nSPS) is 11.6. The number of pyridine rings is 1. The third-order valence-electron chi connectivity index (χ3n) is 3.05. The molecular formula is C16H17N3O2S. The molecule has 0 saturated heterocycles. The van der Waals surface area contributed by atoms with E-state index in [1.807, 2.05) is 30.3 Å². The zero-order valence-corrected chi connectivity index (χ0v) is 12.8. The second kappa shape index (κ2) is 7.00. The van der Waals surface area contributed by atoms with E-state index in [1.54, 1.807) is 12.1 Å². The first kappa shape index (κ1) is 15.9. The Hall–Kier alpha value is -2.47. The SMILES string of the molecule is N=C(N)c1cc(C=CS(=O)(=O)CCc2ccccc2)ccn1. The first-order chi connectivity index (χ1) is 10.5. The van der Waals surface area contributed by atoms with E-state index in [9.17, 15) is 8.42 Å². The van der Waals surface area contributed by atoms with Gasteiger partial charge in [-0.1, -0.05) is 30.3 Å². The number of nitrogens with two attached hydrogens (primary N) is 1. The standard InChI is InChI=1S/C16H17N3O2S/c17-16(18)15-12-14(6-9-19-15)8-11-22(20,21)10-7-13-4-2-1-3-5-13/h1-6,8-9,11-12H,7,10H2,(H3,17,18). The van der Waals surface area contributed by atoms with Crippen LogP contribution in [-0.4, -0.2) is 25.0 Å². The maximum Gasteiger partial charge on any atom is 0.171 e. The third-order valence-corrected chi connectivity index (χ3v) is 4.37. The van der Waals surface area contributed by atoms with Gasteiger partial charge in [0.25, 0.3) is 0 Å². The second-order valence-corrected chi connectivity index (χ2v) is 6.80. The van der Waals surface area contributed by atoms with Gasteiger partial charge in [0, 0.05) is 11.6 Å². The summed E-state index contributed by atoms with van der Waals surface area (Å²) in [6.07, 6.45) is 3.46.